The Balaban J connectivity index is 1.42. The number of carbonyl (C=O) groups excluding carboxylic acids is 1. The molecule has 4 rings (SSSR count). The maximum absolute atomic E-state index is 13.0. The van der Waals surface area contributed by atoms with Gasteiger partial charge < -0.3 is 10.2 Å². The molecule has 2 saturated heterocycles. The smallest absolute Gasteiger partial charge is 0.255 e. The average molecular weight is 476 g/mol. The summed E-state index contributed by atoms with van der Waals surface area (Å²) in [5.74, 6) is -0.360. The van der Waals surface area contributed by atoms with Gasteiger partial charge in [0.2, 0.25) is 10.0 Å². The summed E-state index contributed by atoms with van der Waals surface area (Å²) in [4.78, 5) is 15.3. The molecule has 1 N–H and O–H groups in total. The molecule has 0 radical (unpaired) electrons. The third-order valence-electron chi connectivity index (χ3n) is 6.25. The maximum atomic E-state index is 13.0. The third-order valence-corrected chi connectivity index (χ3v) is 8.63. The second kappa shape index (κ2) is 10.3. The van der Waals surface area contributed by atoms with E-state index < -0.39 is 10.0 Å². The van der Waals surface area contributed by atoms with Crippen LogP contribution in [0.1, 0.15) is 48.0 Å². The SMILES string of the molecule is O=C(Nc1ccc(CCN2CCCC2)cc1)c1ccc(Cl)c(S(=O)(=O)N2CCCCC2)c1. The molecule has 172 valence electrons. The van der Waals surface area contributed by atoms with E-state index in [1.54, 1.807) is 6.07 Å². The van der Waals surface area contributed by atoms with Gasteiger partial charge in [0.1, 0.15) is 4.90 Å². The number of nitrogens with zero attached hydrogens (tertiary/aromatic N) is 2. The van der Waals surface area contributed by atoms with Crippen LogP contribution in [0.2, 0.25) is 5.02 Å². The van der Waals surface area contributed by atoms with E-state index in [-0.39, 0.29) is 21.4 Å². The Hall–Kier alpha value is -1.93. The van der Waals surface area contributed by atoms with Gasteiger partial charge in [-0.05, 0) is 81.1 Å². The van der Waals surface area contributed by atoms with Crippen molar-refractivity contribution in [3.63, 3.8) is 0 Å². The predicted octanol–water partition coefficient (Wildman–Crippen LogP) is 4.41. The molecule has 0 spiro atoms. The van der Waals surface area contributed by atoms with Gasteiger partial charge >= 0.3 is 0 Å². The Bertz CT molecular complexity index is 1040. The summed E-state index contributed by atoms with van der Waals surface area (Å²) in [6, 6.07) is 12.2. The minimum atomic E-state index is -3.72. The molecular weight excluding hydrogens is 446 g/mol. The molecule has 6 nitrogen and oxygen atoms in total. The fourth-order valence-corrected chi connectivity index (χ4v) is 6.36. The number of sulfonamides is 1. The number of hydrogen-bond donors (Lipinski definition) is 1. The van der Waals surface area contributed by atoms with Crippen molar-refractivity contribution in [3.05, 3.63) is 58.6 Å². The van der Waals surface area contributed by atoms with E-state index in [9.17, 15) is 13.2 Å². The van der Waals surface area contributed by atoms with Crippen LogP contribution in [0.3, 0.4) is 0 Å². The summed E-state index contributed by atoms with van der Waals surface area (Å²) < 4.78 is 27.5. The van der Waals surface area contributed by atoms with E-state index >= 15 is 0 Å². The minimum absolute atomic E-state index is 0.00835. The molecule has 2 aromatic rings. The Morgan fingerprint density at radius 2 is 1.56 bits per heavy atom. The summed E-state index contributed by atoms with van der Waals surface area (Å²) in [5.41, 5.74) is 2.18. The van der Waals surface area contributed by atoms with Gasteiger partial charge in [0.05, 0.1) is 5.02 Å². The zero-order valence-electron chi connectivity index (χ0n) is 18.2. The quantitative estimate of drug-likeness (QED) is 0.644. The summed E-state index contributed by atoms with van der Waals surface area (Å²) in [6.07, 6.45) is 6.27. The van der Waals surface area contributed by atoms with Crippen LogP contribution in [0.5, 0.6) is 0 Å². The van der Waals surface area contributed by atoms with Crippen LogP contribution in [0.15, 0.2) is 47.4 Å². The number of halogens is 1. The standard InChI is InChI=1S/C24H30ClN3O3S/c25-22-11-8-20(18-23(22)32(30,31)28-15-2-1-3-16-28)24(29)26-21-9-6-19(7-10-21)12-17-27-13-4-5-14-27/h6-11,18H,1-5,12-17H2,(H,26,29). The van der Waals surface area contributed by atoms with Gasteiger partial charge in [0.25, 0.3) is 5.91 Å². The normalized spacial score (nSPS) is 18.0. The highest BCUT2D eigenvalue weighted by atomic mass is 35.5. The van der Waals surface area contributed by atoms with E-state index in [1.807, 2.05) is 24.3 Å². The summed E-state index contributed by atoms with van der Waals surface area (Å²) >= 11 is 6.22. The Morgan fingerprint density at radius 1 is 0.906 bits per heavy atom. The molecule has 32 heavy (non-hydrogen) atoms. The molecule has 0 aromatic heterocycles. The number of nitrogens with one attached hydrogen (secondary N) is 1. The van der Waals surface area contributed by atoms with Crippen LogP contribution >= 0.6 is 11.6 Å². The number of hydrogen-bond acceptors (Lipinski definition) is 4. The first kappa shape index (κ1) is 23.2. The van der Waals surface area contributed by atoms with Crippen molar-refractivity contribution in [2.24, 2.45) is 0 Å². The molecule has 0 atom stereocenters. The van der Waals surface area contributed by atoms with Gasteiger partial charge in [-0.2, -0.15) is 4.31 Å². The number of rotatable bonds is 7. The van der Waals surface area contributed by atoms with Crippen molar-refractivity contribution in [2.75, 3.05) is 38.0 Å². The maximum Gasteiger partial charge on any atom is 0.255 e. The average Bonchev–Trinajstić information content (AvgIpc) is 3.33. The van der Waals surface area contributed by atoms with Crippen molar-refractivity contribution in [1.29, 1.82) is 0 Å². The number of carbonyl (C=O) groups is 1. The van der Waals surface area contributed by atoms with Crippen molar-refractivity contribution in [1.82, 2.24) is 9.21 Å². The highest BCUT2D eigenvalue weighted by Crippen LogP contribution is 2.28. The number of benzene rings is 2. The molecule has 0 bridgehead atoms. The van der Waals surface area contributed by atoms with E-state index in [0.717, 1.165) is 32.2 Å². The van der Waals surface area contributed by atoms with E-state index in [1.165, 1.54) is 47.9 Å². The molecule has 0 unspecified atom stereocenters. The van der Waals surface area contributed by atoms with E-state index in [4.69, 9.17) is 11.6 Å². The molecule has 0 aliphatic carbocycles. The van der Waals surface area contributed by atoms with Gasteiger partial charge in [-0.15, -0.1) is 0 Å². The van der Waals surface area contributed by atoms with Crippen LogP contribution in [0.25, 0.3) is 0 Å². The van der Waals surface area contributed by atoms with Crippen LogP contribution < -0.4 is 5.32 Å². The molecule has 2 aliphatic heterocycles. The van der Waals surface area contributed by atoms with Gasteiger partial charge in [0.15, 0.2) is 0 Å². The Labute approximate surface area is 195 Å². The summed E-state index contributed by atoms with van der Waals surface area (Å²) in [7, 11) is -3.72. The van der Waals surface area contributed by atoms with Gasteiger partial charge in [-0.3, -0.25) is 4.79 Å². The lowest BCUT2D eigenvalue weighted by molar-refractivity contribution is 0.102. The fraction of sp³-hybridized carbons (Fsp3) is 0.458. The third kappa shape index (κ3) is 5.52. The highest BCUT2D eigenvalue weighted by molar-refractivity contribution is 7.89. The van der Waals surface area contributed by atoms with Crippen LogP contribution in [-0.2, 0) is 16.4 Å². The lowest BCUT2D eigenvalue weighted by Gasteiger charge is -2.26. The zero-order valence-corrected chi connectivity index (χ0v) is 19.8. The summed E-state index contributed by atoms with van der Waals surface area (Å²) in [5, 5.41) is 2.99. The first-order valence-corrected chi connectivity index (χ1v) is 13.2. The fourth-order valence-electron chi connectivity index (χ4n) is 4.34. The van der Waals surface area contributed by atoms with Crippen molar-refractivity contribution >= 4 is 33.2 Å². The Morgan fingerprint density at radius 3 is 2.25 bits per heavy atom. The molecule has 2 aromatic carbocycles. The van der Waals surface area contributed by atoms with Crippen molar-refractivity contribution < 1.29 is 13.2 Å². The second-order valence-corrected chi connectivity index (χ2v) is 10.9. The van der Waals surface area contributed by atoms with Gasteiger partial charge in [-0.25, -0.2) is 8.42 Å². The van der Waals surface area contributed by atoms with Crippen LogP contribution in [0, 0.1) is 0 Å². The first-order valence-electron chi connectivity index (χ1n) is 11.4. The zero-order chi connectivity index (χ0) is 22.6. The summed E-state index contributed by atoms with van der Waals surface area (Å²) in [6.45, 7) is 4.40. The van der Waals surface area contributed by atoms with Gasteiger partial charge in [-0.1, -0.05) is 30.2 Å². The molecule has 0 saturated carbocycles. The van der Waals surface area contributed by atoms with Crippen LogP contribution in [-0.4, -0.2) is 56.3 Å². The monoisotopic (exact) mass is 475 g/mol. The van der Waals surface area contributed by atoms with Gasteiger partial charge in [0, 0.05) is 30.9 Å². The molecule has 2 aliphatic rings. The second-order valence-electron chi connectivity index (χ2n) is 8.56. The van der Waals surface area contributed by atoms with Crippen molar-refractivity contribution in [3.8, 4) is 0 Å². The lowest BCUT2D eigenvalue weighted by Crippen LogP contribution is -2.35. The molecular formula is C24H30ClN3O3S. The predicted molar refractivity (Wildman–Crippen MR) is 128 cm³/mol. The first-order chi connectivity index (χ1) is 15.4. The number of anilines is 1. The number of amides is 1. The van der Waals surface area contributed by atoms with Crippen LogP contribution in [0.4, 0.5) is 5.69 Å². The molecule has 2 fully saturated rings. The van der Waals surface area contributed by atoms with E-state index in [2.05, 4.69) is 10.2 Å². The topological polar surface area (TPSA) is 69.7 Å². The Kier molecular flexibility index (Phi) is 7.51. The van der Waals surface area contributed by atoms with Crippen molar-refractivity contribution in [2.45, 2.75) is 43.4 Å². The molecule has 8 heteroatoms. The molecule has 2 heterocycles. The lowest BCUT2D eigenvalue weighted by atomic mass is 10.1. The number of likely N-dealkylation sites (tertiary alicyclic amines) is 1. The number of piperidine rings is 1. The highest BCUT2D eigenvalue weighted by Gasteiger charge is 2.28. The molecule has 1 amide bonds. The largest absolute Gasteiger partial charge is 0.322 e. The van der Waals surface area contributed by atoms with E-state index in [0.29, 0.717) is 18.8 Å². The minimum Gasteiger partial charge on any atom is -0.322 e.